The van der Waals surface area contributed by atoms with E-state index >= 15 is 0 Å². The number of hydrogen-bond donors (Lipinski definition) is 1. The SMILES string of the molecule is COc1ccc2c(c1)OC1(c3ccc(OC)cc3OCC(=O)O)CCCCC1C21CCCCC1. The lowest BCUT2D eigenvalue weighted by molar-refractivity contribution is -0.139. The number of aliphatic carboxylic acids is 1. The van der Waals surface area contributed by atoms with Crippen LogP contribution in [0, 0.1) is 5.92 Å². The van der Waals surface area contributed by atoms with E-state index in [1.54, 1.807) is 20.3 Å². The third kappa shape index (κ3) is 3.68. The Hall–Kier alpha value is -2.89. The number of fused-ring (bicyclic) bond motifs is 4. The van der Waals surface area contributed by atoms with Crippen molar-refractivity contribution < 1.29 is 28.8 Å². The Balaban J connectivity index is 1.71. The van der Waals surface area contributed by atoms with Crippen molar-refractivity contribution in [3.8, 4) is 23.0 Å². The molecule has 2 aromatic carbocycles. The summed E-state index contributed by atoms with van der Waals surface area (Å²) in [6, 6.07) is 12.1. The van der Waals surface area contributed by atoms with Crippen molar-refractivity contribution in [1.82, 2.24) is 0 Å². The lowest BCUT2D eigenvalue weighted by Crippen LogP contribution is -2.57. The molecule has 0 saturated heterocycles. The summed E-state index contributed by atoms with van der Waals surface area (Å²) in [5, 5.41) is 9.32. The van der Waals surface area contributed by atoms with Crippen molar-refractivity contribution in [2.24, 2.45) is 5.92 Å². The Morgan fingerprint density at radius 3 is 2.32 bits per heavy atom. The normalized spacial score (nSPS) is 24.9. The van der Waals surface area contributed by atoms with E-state index in [9.17, 15) is 9.90 Å². The van der Waals surface area contributed by atoms with Crippen LogP contribution in [0.2, 0.25) is 0 Å². The van der Waals surface area contributed by atoms with Gasteiger partial charge in [0.05, 0.1) is 14.2 Å². The van der Waals surface area contributed by atoms with Crippen LogP contribution < -0.4 is 18.9 Å². The van der Waals surface area contributed by atoms with E-state index in [-0.39, 0.29) is 11.3 Å². The van der Waals surface area contributed by atoms with Crippen LogP contribution in [0.4, 0.5) is 0 Å². The summed E-state index contributed by atoms with van der Waals surface area (Å²) in [5.41, 5.74) is 1.67. The lowest BCUT2D eigenvalue weighted by atomic mass is 9.51. The second-order valence-electron chi connectivity index (χ2n) is 9.91. The molecule has 0 bridgehead atoms. The molecule has 2 aromatic rings. The molecule has 1 N–H and O–H groups in total. The summed E-state index contributed by atoms with van der Waals surface area (Å²) in [6.45, 7) is -0.406. The highest BCUT2D eigenvalue weighted by atomic mass is 16.5. The second-order valence-corrected chi connectivity index (χ2v) is 9.91. The Labute approximate surface area is 201 Å². The third-order valence-electron chi connectivity index (χ3n) is 8.28. The van der Waals surface area contributed by atoms with Crippen LogP contribution in [0.25, 0.3) is 0 Å². The molecule has 1 spiro atoms. The topological polar surface area (TPSA) is 74.2 Å². The van der Waals surface area contributed by atoms with Crippen LogP contribution >= 0.6 is 0 Å². The molecule has 0 amide bonds. The molecule has 2 aliphatic carbocycles. The second kappa shape index (κ2) is 9.05. The fourth-order valence-electron chi connectivity index (χ4n) is 6.91. The van der Waals surface area contributed by atoms with Crippen LogP contribution in [0.1, 0.15) is 68.9 Å². The van der Waals surface area contributed by atoms with E-state index < -0.39 is 18.2 Å². The predicted octanol–water partition coefficient (Wildman–Crippen LogP) is 5.85. The number of carboxylic acid groups (broad SMARTS) is 1. The molecule has 2 fully saturated rings. The molecule has 2 atom stereocenters. The quantitative estimate of drug-likeness (QED) is 0.576. The van der Waals surface area contributed by atoms with Gasteiger partial charge in [-0.25, -0.2) is 4.79 Å². The highest BCUT2D eigenvalue weighted by Crippen LogP contribution is 2.64. The Bertz CT molecular complexity index is 1060. The number of hydrogen-bond acceptors (Lipinski definition) is 5. The Kier molecular flexibility index (Phi) is 6.09. The molecule has 182 valence electrons. The van der Waals surface area contributed by atoms with E-state index in [1.165, 1.54) is 31.2 Å². The fraction of sp³-hybridized carbons (Fsp3) is 0.536. The summed E-state index contributed by atoms with van der Waals surface area (Å²) in [6.07, 6.45) is 10.1. The Morgan fingerprint density at radius 1 is 0.941 bits per heavy atom. The summed E-state index contributed by atoms with van der Waals surface area (Å²) in [4.78, 5) is 11.4. The number of rotatable bonds is 6. The van der Waals surface area contributed by atoms with Gasteiger partial charge in [-0.2, -0.15) is 0 Å². The molecule has 0 radical (unpaired) electrons. The summed E-state index contributed by atoms with van der Waals surface area (Å²) < 4.78 is 23.9. The van der Waals surface area contributed by atoms with Gasteiger partial charge < -0.3 is 24.1 Å². The minimum absolute atomic E-state index is 0.0303. The standard InChI is InChI=1S/C28H34O6/c1-31-19-10-12-22(23(16-19)33-18-26(29)30)28-15-7-4-8-25(28)27(13-5-3-6-14-27)21-11-9-20(32-2)17-24(21)34-28/h9-12,16-17,25H,3-8,13-15,18H2,1-2H3,(H,29,30). The zero-order valence-corrected chi connectivity index (χ0v) is 20.1. The van der Waals surface area contributed by atoms with Gasteiger partial charge in [0.15, 0.2) is 6.61 Å². The zero-order valence-electron chi connectivity index (χ0n) is 20.1. The minimum atomic E-state index is -1.00. The summed E-state index contributed by atoms with van der Waals surface area (Å²) >= 11 is 0. The number of ether oxygens (including phenoxy) is 4. The molecule has 34 heavy (non-hydrogen) atoms. The largest absolute Gasteiger partial charge is 0.497 e. The van der Waals surface area contributed by atoms with Gasteiger partial charge >= 0.3 is 5.97 Å². The number of benzene rings is 2. The first kappa shape index (κ1) is 22.9. The van der Waals surface area contributed by atoms with Crippen LogP contribution in [0.3, 0.4) is 0 Å². The molecule has 2 saturated carbocycles. The molecule has 3 aliphatic rings. The molecule has 2 unspecified atom stereocenters. The molecule has 5 rings (SSSR count). The van der Waals surface area contributed by atoms with Crippen molar-refractivity contribution >= 4 is 5.97 Å². The lowest BCUT2D eigenvalue weighted by Gasteiger charge is -2.58. The van der Waals surface area contributed by atoms with Gasteiger partial charge in [0.2, 0.25) is 0 Å². The molecule has 0 aromatic heterocycles. The molecular formula is C28H34O6. The van der Waals surface area contributed by atoms with E-state index in [0.717, 1.165) is 49.2 Å². The van der Waals surface area contributed by atoms with Gasteiger partial charge in [0, 0.05) is 34.6 Å². The van der Waals surface area contributed by atoms with Crippen LogP contribution in [-0.4, -0.2) is 31.9 Å². The highest BCUT2D eigenvalue weighted by Gasteiger charge is 2.59. The summed E-state index contributed by atoms with van der Waals surface area (Å²) in [5.74, 6) is 2.13. The van der Waals surface area contributed by atoms with Crippen molar-refractivity contribution in [1.29, 1.82) is 0 Å². The van der Waals surface area contributed by atoms with Crippen molar-refractivity contribution in [3.63, 3.8) is 0 Å². The number of carboxylic acids is 1. The van der Waals surface area contributed by atoms with Gasteiger partial charge in [-0.15, -0.1) is 0 Å². The molecule has 6 heteroatoms. The average Bonchev–Trinajstić information content (AvgIpc) is 2.87. The van der Waals surface area contributed by atoms with Gasteiger partial charge in [0.1, 0.15) is 28.6 Å². The van der Waals surface area contributed by atoms with Crippen LogP contribution in [-0.2, 0) is 15.8 Å². The molecule has 1 heterocycles. The maximum absolute atomic E-state index is 11.4. The van der Waals surface area contributed by atoms with Gasteiger partial charge in [-0.1, -0.05) is 31.7 Å². The zero-order chi connectivity index (χ0) is 23.8. The molecule has 1 aliphatic heterocycles. The van der Waals surface area contributed by atoms with Gasteiger partial charge in [-0.05, 0) is 50.3 Å². The molecular weight excluding hydrogens is 432 g/mol. The van der Waals surface area contributed by atoms with E-state index in [0.29, 0.717) is 11.5 Å². The first-order valence-corrected chi connectivity index (χ1v) is 12.4. The minimum Gasteiger partial charge on any atom is -0.497 e. The predicted molar refractivity (Wildman–Crippen MR) is 128 cm³/mol. The first-order valence-electron chi connectivity index (χ1n) is 12.4. The van der Waals surface area contributed by atoms with E-state index in [2.05, 4.69) is 12.1 Å². The average molecular weight is 467 g/mol. The first-order chi connectivity index (χ1) is 16.5. The number of carbonyl (C=O) groups is 1. The third-order valence-corrected chi connectivity index (χ3v) is 8.28. The van der Waals surface area contributed by atoms with Gasteiger partial charge in [-0.3, -0.25) is 0 Å². The Morgan fingerprint density at radius 2 is 1.62 bits per heavy atom. The van der Waals surface area contributed by atoms with Crippen LogP contribution in [0.5, 0.6) is 23.0 Å². The fourth-order valence-corrected chi connectivity index (χ4v) is 6.91. The van der Waals surface area contributed by atoms with E-state index in [1.807, 2.05) is 18.2 Å². The van der Waals surface area contributed by atoms with Crippen molar-refractivity contribution in [3.05, 3.63) is 47.5 Å². The van der Waals surface area contributed by atoms with Gasteiger partial charge in [0.25, 0.3) is 0 Å². The van der Waals surface area contributed by atoms with Crippen molar-refractivity contribution in [2.45, 2.75) is 68.8 Å². The van der Waals surface area contributed by atoms with E-state index in [4.69, 9.17) is 18.9 Å². The highest BCUT2D eigenvalue weighted by molar-refractivity contribution is 5.68. The van der Waals surface area contributed by atoms with Crippen LogP contribution in [0.15, 0.2) is 36.4 Å². The van der Waals surface area contributed by atoms with Crippen molar-refractivity contribution in [2.75, 3.05) is 20.8 Å². The smallest absolute Gasteiger partial charge is 0.341 e. The number of methoxy groups -OCH3 is 2. The monoisotopic (exact) mass is 466 g/mol. The maximum atomic E-state index is 11.4. The molecule has 6 nitrogen and oxygen atoms in total. The maximum Gasteiger partial charge on any atom is 0.341 e. The summed E-state index contributed by atoms with van der Waals surface area (Å²) in [7, 11) is 3.29.